The van der Waals surface area contributed by atoms with Crippen LogP contribution in [0, 0.1) is 0 Å². The Morgan fingerprint density at radius 2 is 1.78 bits per heavy atom. The van der Waals surface area contributed by atoms with Gasteiger partial charge in [0, 0.05) is 12.5 Å². The molecule has 0 saturated heterocycles. The Kier molecular flexibility index (Phi) is 6.54. The third-order valence-electron chi connectivity index (χ3n) is 4.96. The van der Waals surface area contributed by atoms with Crippen molar-refractivity contribution in [2.45, 2.75) is 43.4 Å². The first-order valence-corrected chi connectivity index (χ1v) is 8.59. The van der Waals surface area contributed by atoms with Gasteiger partial charge in [-0.3, -0.25) is 4.79 Å². The number of halogens is 4. The largest absolute Gasteiger partial charge is 0.416 e. The van der Waals surface area contributed by atoms with E-state index in [1.807, 2.05) is 30.3 Å². The van der Waals surface area contributed by atoms with Crippen molar-refractivity contribution in [1.82, 2.24) is 5.32 Å². The summed E-state index contributed by atoms with van der Waals surface area (Å²) in [6, 6.07) is 14.0. The normalized spacial score (nSPS) is 16.6. The van der Waals surface area contributed by atoms with E-state index in [1.165, 1.54) is 6.07 Å². The summed E-state index contributed by atoms with van der Waals surface area (Å²) in [7, 11) is 0. The smallest absolute Gasteiger partial charge is 0.347 e. The van der Waals surface area contributed by atoms with Gasteiger partial charge in [-0.05, 0) is 42.5 Å². The number of benzene rings is 2. The molecule has 0 heterocycles. The lowest BCUT2D eigenvalue weighted by Crippen LogP contribution is -2.51. The average Bonchev–Trinajstić information content (AvgIpc) is 2.58. The minimum atomic E-state index is -4.40. The van der Waals surface area contributed by atoms with Gasteiger partial charge in [-0.15, -0.1) is 12.4 Å². The fourth-order valence-corrected chi connectivity index (χ4v) is 3.35. The summed E-state index contributed by atoms with van der Waals surface area (Å²) in [6.45, 7) is 0. The number of alkyl halides is 3. The monoisotopic (exact) mass is 398 g/mol. The molecule has 3 nitrogen and oxygen atoms in total. The lowest BCUT2D eigenvalue weighted by Gasteiger charge is -2.43. The highest BCUT2D eigenvalue weighted by atomic mass is 35.5. The van der Waals surface area contributed by atoms with Crippen LogP contribution in [0.1, 0.15) is 48.4 Å². The first-order valence-electron chi connectivity index (χ1n) is 8.59. The van der Waals surface area contributed by atoms with Crippen LogP contribution in [0.15, 0.2) is 54.6 Å². The number of nitrogens with two attached hydrogens (primary N) is 1. The molecular weight excluding hydrogens is 377 g/mol. The molecule has 1 atom stereocenters. The van der Waals surface area contributed by atoms with E-state index in [0.29, 0.717) is 18.4 Å². The lowest BCUT2D eigenvalue weighted by atomic mass is 9.71. The molecule has 0 bridgehead atoms. The molecule has 3 rings (SSSR count). The van der Waals surface area contributed by atoms with Crippen molar-refractivity contribution in [3.8, 4) is 0 Å². The highest BCUT2D eigenvalue weighted by molar-refractivity contribution is 5.85. The van der Waals surface area contributed by atoms with Crippen molar-refractivity contribution in [1.29, 1.82) is 0 Å². The Hall–Kier alpha value is -2.05. The Labute approximate surface area is 162 Å². The zero-order valence-corrected chi connectivity index (χ0v) is 15.4. The fraction of sp³-hybridized carbons (Fsp3) is 0.350. The van der Waals surface area contributed by atoms with E-state index in [2.05, 4.69) is 5.32 Å². The number of carbonyl (C=O) groups excluding carboxylic acids is 1. The minimum Gasteiger partial charge on any atom is -0.347 e. The number of amides is 1. The summed E-state index contributed by atoms with van der Waals surface area (Å²) in [5.41, 5.74) is 6.01. The summed E-state index contributed by atoms with van der Waals surface area (Å²) < 4.78 is 39.0. The maximum atomic E-state index is 13.0. The predicted molar refractivity (Wildman–Crippen MR) is 100 cm³/mol. The molecule has 2 aromatic carbocycles. The van der Waals surface area contributed by atoms with Crippen LogP contribution in [0.3, 0.4) is 0 Å². The summed E-state index contributed by atoms with van der Waals surface area (Å²) in [5, 5.41) is 2.94. The van der Waals surface area contributed by atoms with Gasteiger partial charge in [0.15, 0.2) is 0 Å². The molecule has 1 amide bonds. The quantitative estimate of drug-likeness (QED) is 0.766. The Bertz CT molecular complexity index is 776. The van der Waals surface area contributed by atoms with Gasteiger partial charge in [0.05, 0.1) is 11.1 Å². The number of hydrogen-bond donors (Lipinski definition) is 2. The van der Waals surface area contributed by atoms with E-state index < -0.39 is 23.3 Å². The van der Waals surface area contributed by atoms with E-state index in [0.717, 1.165) is 24.1 Å². The number of hydrogen-bond acceptors (Lipinski definition) is 2. The van der Waals surface area contributed by atoms with E-state index in [-0.39, 0.29) is 24.7 Å². The number of rotatable bonds is 5. The molecule has 1 aliphatic carbocycles. The Balaban J connectivity index is 0.00000261. The second-order valence-corrected chi connectivity index (χ2v) is 6.78. The second kappa shape index (κ2) is 8.31. The summed E-state index contributed by atoms with van der Waals surface area (Å²) in [4.78, 5) is 12.5. The van der Waals surface area contributed by atoms with E-state index >= 15 is 0 Å². The Morgan fingerprint density at radius 3 is 2.33 bits per heavy atom. The van der Waals surface area contributed by atoms with Crippen LogP contribution >= 0.6 is 12.4 Å². The highest BCUT2D eigenvalue weighted by Gasteiger charge is 2.41. The highest BCUT2D eigenvalue weighted by Crippen LogP contribution is 2.43. The van der Waals surface area contributed by atoms with Gasteiger partial charge in [-0.25, -0.2) is 0 Å². The molecule has 2 aromatic rings. The molecule has 1 aliphatic rings. The third-order valence-corrected chi connectivity index (χ3v) is 4.96. The van der Waals surface area contributed by atoms with Crippen LogP contribution in [0.4, 0.5) is 13.2 Å². The second-order valence-electron chi connectivity index (χ2n) is 6.78. The van der Waals surface area contributed by atoms with Crippen LogP contribution in [-0.4, -0.2) is 5.91 Å². The molecule has 0 spiro atoms. The summed E-state index contributed by atoms with van der Waals surface area (Å²) in [5.74, 6) is -0.251. The van der Waals surface area contributed by atoms with Crippen LogP contribution < -0.4 is 11.1 Å². The van der Waals surface area contributed by atoms with Gasteiger partial charge in [-0.1, -0.05) is 42.5 Å². The van der Waals surface area contributed by atoms with Crippen LogP contribution in [0.25, 0.3) is 0 Å². The SMILES string of the molecule is Cl.NC(CC(=O)NC1(c2cccc(C(F)(F)F)c2)CCC1)c1ccccc1. The molecule has 1 unspecified atom stereocenters. The molecule has 3 N–H and O–H groups in total. The first kappa shape index (κ1) is 21.3. The standard InChI is InChI=1S/C20H21F3N2O.ClH/c21-20(22,23)16-9-4-8-15(12-16)19(10-5-11-19)25-18(26)13-17(24)14-6-2-1-3-7-14;/h1-4,6-9,12,17H,5,10-11,13,24H2,(H,25,26);1H. The van der Waals surface area contributed by atoms with E-state index in [1.54, 1.807) is 6.07 Å². The van der Waals surface area contributed by atoms with Crippen LogP contribution in [0.2, 0.25) is 0 Å². The van der Waals surface area contributed by atoms with E-state index in [4.69, 9.17) is 5.73 Å². The Morgan fingerprint density at radius 1 is 1.11 bits per heavy atom. The minimum absolute atomic E-state index is 0. The predicted octanol–water partition coefficient (Wildman–Crippen LogP) is 4.71. The molecule has 27 heavy (non-hydrogen) atoms. The molecule has 0 aliphatic heterocycles. The van der Waals surface area contributed by atoms with Crippen LogP contribution in [-0.2, 0) is 16.5 Å². The zero-order valence-electron chi connectivity index (χ0n) is 14.6. The van der Waals surface area contributed by atoms with Crippen molar-refractivity contribution < 1.29 is 18.0 Å². The van der Waals surface area contributed by atoms with Gasteiger partial charge in [0.1, 0.15) is 0 Å². The van der Waals surface area contributed by atoms with Crippen molar-refractivity contribution >= 4 is 18.3 Å². The topological polar surface area (TPSA) is 55.1 Å². The summed E-state index contributed by atoms with van der Waals surface area (Å²) >= 11 is 0. The van der Waals surface area contributed by atoms with Crippen molar-refractivity contribution in [3.05, 3.63) is 71.3 Å². The fourth-order valence-electron chi connectivity index (χ4n) is 3.35. The molecule has 146 valence electrons. The maximum absolute atomic E-state index is 13.0. The maximum Gasteiger partial charge on any atom is 0.416 e. The molecule has 0 radical (unpaired) electrons. The van der Waals surface area contributed by atoms with Gasteiger partial charge in [-0.2, -0.15) is 13.2 Å². The van der Waals surface area contributed by atoms with Crippen molar-refractivity contribution in [3.63, 3.8) is 0 Å². The number of carbonyl (C=O) groups is 1. The average molecular weight is 399 g/mol. The summed E-state index contributed by atoms with van der Waals surface area (Å²) in [6.07, 6.45) is -2.20. The van der Waals surface area contributed by atoms with Gasteiger partial charge in [0.25, 0.3) is 0 Å². The molecular formula is C20H22ClF3N2O. The van der Waals surface area contributed by atoms with Gasteiger partial charge >= 0.3 is 6.18 Å². The van der Waals surface area contributed by atoms with Crippen molar-refractivity contribution in [2.75, 3.05) is 0 Å². The molecule has 0 aromatic heterocycles. The lowest BCUT2D eigenvalue weighted by molar-refractivity contribution is -0.137. The van der Waals surface area contributed by atoms with Crippen LogP contribution in [0.5, 0.6) is 0 Å². The van der Waals surface area contributed by atoms with E-state index in [9.17, 15) is 18.0 Å². The van der Waals surface area contributed by atoms with Gasteiger partial charge in [0.2, 0.25) is 5.91 Å². The third kappa shape index (κ3) is 4.82. The number of nitrogens with one attached hydrogen (secondary N) is 1. The first-order chi connectivity index (χ1) is 12.3. The zero-order chi connectivity index (χ0) is 18.8. The van der Waals surface area contributed by atoms with Crippen molar-refractivity contribution in [2.24, 2.45) is 5.73 Å². The molecule has 1 saturated carbocycles. The van der Waals surface area contributed by atoms with Gasteiger partial charge < -0.3 is 11.1 Å². The molecule has 7 heteroatoms. The molecule has 1 fully saturated rings.